The zero-order chi connectivity index (χ0) is 13.4. The Bertz CT molecular complexity index is 806. The summed E-state index contributed by atoms with van der Waals surface area (Å²) >= 11 is 3.38. The summed E-state index contributed by atoms with van der Waals surface area (Å²) in [5.41, 5.74) is -0.104. The van der Waals surface area contributed by atoms with E-state index in [9.17, 15) is 4.79 Å². The van der Waals surface area contributed by atoms with E-state index >= 15 is 0 Å². The van der Waals surface area contributed by atoms with Gasteiger partial charge in [0, 0.05) is 29.3 Å². The molecule has 19 heavy (non-hydrogen) atoms. The number of benzene rings is 1. The third kappa shape index (κ3) is 2.19. The van der Waals surface area contributed by atoms with Crippen LogP contribution in [-0.4, -0.2) is 19.3 Å². The van der Waals surface area contributed by atoms with Gasteiger partial charge in [0.15, 0.2) is 0 Å². The second kappa shape index (κ2) is 4.62. The quantitative estimate of drug-likeness (QED) is 0.725. The van der Waals surface area contributed by atoms with Gasteiger partial charge in [-0.2, -0.15) is 5.10 Å². The van der Waals surface area contributed by atoms with Crippen molar-refractivity contribution < 1.29 is 0 Å². The Morgan fingerprint density at radius 1 is 1.37 bits per heavy atom. The third-order valence-corrected chi connectivity index (χ3v) is 3.52. The molecule has 0 fully saturated rings. The van der Waals surface area contributed by atoms with Gasteiger partial charge >= 0.3 is 0 Å². The molecular formula is C13H11BrN4O. The van der Waals surface area contributed by atoms with Crippen molar-refractivity contribution >= 4 is 26.7 Å². The summed E-state index contributed by atoms with van der Waals surface area (Å²) in [6, 6.07) is 5.54. The maximum Gasteiger partial charge on any atom is 0.275 e. The lowest BCUT2D eigenvalue weighted by molar-refractivity contribution is 0.603. The zero-order valence-electron chi connectivity index (χ0n) is 10.2. The van der Waals surface area contributed by atoms with E-state index in [2.05, 4.69) is 26.0 Å². The van der Waals surface area contributed by atoms with E-state index in [1.165, 1.54) is 4.68 Å². The Morgan fingerprint density at radius 2 is 2.21 bits per heavy atom. The maximum atomic E-state index is 12.3. The van der Waals surface area contributed by atoms with Crippen LogP contribution in [0.1, 0.15) is 5.82 Å². The molecule has 5 nitrogen and oxygen atoms in total. The van der Waals surface area contributed by atoms with Gasteiger partial charge in [-0.25, -0.2) is 9.67 Å². The van der Waals surface area contributed by atoms with Gasteiger partial charge in [0.2, 0.25) is 0 Å². The number of hydrogen-bond donors (Lipinski definition) is 0. The fourth-order valence-electron chi connectivity index (χ4n) is 1.95. The number of imidazole rings is 1. The number of aryl methyl sites for hydroxylation is 1. The van der Waals surface area contributed by atoms with Gasteiger partial charge in [-0.15, -0.1) is 0 Å². The summed E-state index contributed by atoms with van der Waals surface area (Å²) in [4.78, 5) is 16.5. The normalized spacial score (nSPS) is 11.1. The number of hydrogen-bond acceptors (Lipinski definition) is 3. The van der Waals surface area contributed by atoms with Crippen molar-refractivity contribution in [2.75, 3.05) is 0 Å². The highest BCUT2D eigenvalue weighted by molar-refractivity contribution is 9.10. The number of halogens is 1. The molecule has 3 aromatic rings. The molecule has 0 saturated heterocycles. The molecule has 0 bridgehead atoms. The predicted octanol–water partition coefficient (Wildman–Crippen LogP) is 1.94. The first kappa shape index (κ1) is 12.1. The van der Waals surface area contributed by atoms with Crippen LogP contribution in [0.2, 0.25) is 0 Å². The molecule has 1 aromatic carbocycles. The Kier molecular flexibility index (Phi) is 2.94. The zero-order valence-corrected chi connectivity index (χ0v) is 11.8. The molecule has 0 aliphatic rings. The second-order valence-electron chi connectivity index (χ2n) is 4.29. The topological polar surface area (TPSA) is 52.7 Å². The van der Waals surface area contributed by atoms with Crippen LogP contribution < -0.4 is 5.56 Å². The molecule has 96 valence electrons. The summed E-state index contributed by atoms with van der Waals surface area (Å²) in [5, 5.41) is 5.68. The van der Waals surface area contributed by atoms with E-state index in [1.807, 2.05) is 29.9 Å². The largest absolute Gasteiger partial charge is 0.336 e. The van der Waals surface area contributed by atoms with Gasteiger partial charge in [-0.05, 0) is 18.2 Å². The lowest BCUT2D eigenvalue weighted by Gasteiger charge is -2.06. The first-order valence-electron chi connectivity index (χ1n) is 5.77. The minimum Gasteiger partial charge on any atom is -0.336 e. The first-order valence-corrected chi connectivity index (χ1v) is 6.56. The number of nitrogens with zero attached hydrogens (tertiary/aromatic N) is 4. The molecule has 2 heterocycles. The lowest BCUT2D eigenvalue weighted by Crippen LogP contribution is -2.24. The molecule has 0 aliphatic heterocycles. The standard InChI is InChI=1S/C13H11BrN4O/c1-17-5-4-15-12(17)8-18-13(19)11-3-2-10(14)6-9(11)7-16-18/h2-7H,8H2,1H3. The summed E-state index contributed by atoms with van der Waals surface area (Å²) in [7, 11) is 1.89. The van der Waals surface area contributed by atoms with E-state index < -0.39 is 0 Å². The fraction of sp³-hybridized carbons (Fsp3) is 0.154. The second-order valence-corrected chi connectivity index (χ2v) is 5.21. The average molecular weight is 319 g/mol. The van der Waals surface area contributed by atoms with Crippen LogP contribution in [0, 0.1) is 0 Å². The summed E-state index contributed by atoms with van der Waals surface area (Å²) in [6.07, 6.45) is 5.25. The Hall–Kier alpha value is -1.95. The van der Waals surface area contributed by atoms with E-state index in [0.29, 0.717) is 11.9 Å². The molecule has 0 saturated carbocycles. The lowest BCUT2D eigenvalue weighted by atomic mass is 10.2. The highest BCUT2D eigenvalue weighted by Crippen LogP contribution is 2.16. The number of rotatable bonds is 2. The van der Waals surface area contributed by atoms with Crippen molar-refractivity contribution in [3.05, 3.63) is 57.4 Å². The van der Waals surface area contributed by atoms with Crippen LogP contribution in [0.4, 0.5) is 0 Å². The molecule has 0 unspecified atom stereocenters. The first-order chi connectivity index (χ1) is 9.15. The van der Waals surface area contributed by atoms with Crippen molar-refractivity contribution in [3.63, 3.8) is 0 Å². The number of fused-ring (bicyclic) bond motifs is 1. The van der Waals surface area contributed by atoms with E-state index in [1.54, 1.807) is 18.5 Å². The van der Waals surface area contributed by atoms with Crippen LogP contribution in [0.25, 0.3) is 10.8 Å². The third-order valence-electron chi connectivity index (χ3n) is 3.03. The van der Waals surface area contributed by atoms with Crippen LogP contribution >= 0.6 is 15.9 Å². The van der Waals surface area contributed by atoms with Crippen LogP contribution in [0.3, 0.4) is 0 Å². The van der Waals surface area contributed by atoms with Gasteiger partial charge in [0.25, 0.3) is 5.56 Å². The van der Waals surface area contributed by atoms with Crippen molar-refractivity contribution in [1.82, 2.24) is 19.3 Å². The highest BCUT2D eigenvalue weighted by atomic mass is 79.9. The molecule has 0 radical (unpaired) electrons. The monoisotopic (exact) mass is 318 g/mol. The highest BCUT2D eigenvalue weighted by Gasteiger charge is 2.07. The summed E-state index contributed by atoms with van der Waals surface area (Å²) in [5.74, 6) is 0.797. The molecule has 0 amide bonds. The minimum atomic E-state index is -0.104. The van der Waals surface area contributed by atoms with Gasteiger partial charge < -0.3 is 4.57 Å². The van der Waals surface area contributed by atoms with Gasteiger partial charge in [-0.3, -0.25) is 4.79 Å². The number of aromatic nitrogens is 4. The molecule has 2 aromatic heterocycles. The van der Waals surface area contributed by atoms with Crippen molar-refractivity contribution in [2.45, 2.75) is 6.54 Å². The fourth-order valence-corrected chi connectivity index (χ4v) is 2.33. The molecule has 0 N–H and O–H groups in total. The van der Waals surface area contributed by atoms with Gasteiger partial charge in [-0.1, -0.05) is 15.9 Å². The molecule has 0 aliphatic carbocycles. The van der Waals surface area contributed by atoms with Crippen molar-refractivity contribution in [2.24, 2.45) is 7.05 Å². The van der Waals surface area contributed by atoms with E-state index in [0.717, 1.165) is 15.7 Å². The van der Waals surface area contributed by atoms with Gasteiger partial charge in [0.1, 0.15) is 12.4 Å². The average Bonchev–Trinajstić information content (AvgIpc) is 2.78. The Morgan fingerprint density at radius 3 is 2.95 bits per heavy atom. The Balaban J connectivity index is 2.11. The maximum absolute atomic E-state index is 12.3. The van der Waals surface area contributed by atoms with Crippen LogP contribution in [0.15, 0.2) is 46.1 Å². The van der Waals surface area contributed by atoms with Crippen LogP contribution in [-0.2, 0) is 13.6 Å². The SMILES string of the molecule is Cn1ccnc1Cn1ncc2cc(Br)ccc2c1=O. The van der Waals surface area contributed by atoms with Crippen LogP contribution in [0.5, 0.6) is 0 Å². The molecular weight excluding hydrogens is 308 g/mol. The molecule has 3 rings (SSSR count). The van der Waals surface area contributed by atoms with Crippen molar-refractivity contribution in [1.29, 1.82) is 0 Å². The van der Waals surface area contributed by atoms with Crippen molar-refractivity contribution in [3.8, 4) is 0 Å². The summed E-state index contributed by atoms with van der Waals surface area (Å²) < 4.78 is 4.24. The molecule has 0 atom stereocenters. The van der Waals surface area contributed by atoms with E-state index in [-0.39, 0.29) is 5.56 Å². The predicted molar refractivity (Wildman–Crippen MR) is 76.0 cm³/mol. The minimum absolute atomic E-state index is 0.104. The van der Waals surface area contributed by atoms with E-state index in [4.69, 9.17) is 0 Å². The Labute approximate surface area is 117 Å². The van der Waals surface area contributed by atoms with Gasteiger partial charge in [0.05, 0.1) is 11.6 Å². The smallest absolute Gasteiger partial charge is 0.275 e. The molecule has 0 spiro atoms. The summed E-state index contributed by atoms with van der Waals surface area (Å²) in [6.45, 7) is 0.369. The molecule has 6 heteroatoms.